The summed E-state index contributed by atoms with van der Waals surface area (Å²) in [7, 11) is 0. The van der Waals surface area contributed by atoms with E-state index in [9.17, 15) is 14.7 Å². The quantitative estimate of drug-likeness (QED) is 0.606. The van der Waals surface area contributed by atoms with Crippen LogP contribution < -0.4 is 0 Å². The van der Waals surface area contributed by atoms with E-state index >= 15 is 0 Å². The number of aryl methyl sites for hydroxylation is 1. The Kier molecular flexibility index (Phi) is 6.71. The molecule has 9 heteroatoms. The number of nitrogens with zero attached hydrogens (tertiary/aromatic N) is 5. The van der Waals surface area contributed by atoms with Gasteiger partial charge in [-0.3, -0.25) is 14.5 Å². The van der Waals surface area contributed by atoms with Gasteiger partial charge in [0.2, 0.25) is 5.91 Å². The molecule has 1 N–H and O–H groups in total. The third kappa shape index (κ3) is 5.35. The van der Waals surface area contributed by atoms with Gasteiger partial charge in [0.05, 0.1) is 22.1 Å². The lowest BCUT2D eigenvalue weighted by Gasteiger charge is -2.24. The van der Waals surface area contributed by atoms with E-state index in [1.54, 1.807) is 29.9 Å². The number of aromatic carboxylic acids is 1. The van der Waals surface area contributed by atoms with Crippen LogP contribution in [0.1, 0.15) is 41.6 Å². The lowest BCUT2D eigenvalue weighted by Crippen LogP contribution is -2.36. The molecular formula is C22H25N5O3S. The van der Waals surface area contributed by atoms with E-state index in [-0.39, 0.29) is 11.5 Å². The molecule has 1 atom stereocenters. The van der Waals surface area contributed by atoms with E-state index in [0.29, 0.717) is 30.9 Å². The predicted octanol–water partition coefficient (Wildman–Crippen LogP) is 3.36. The third-order valence-electron chi connectivity index (χ3n) is 5.65. The normalized spacial score (nSPS) is 16.8. The Morgan fingerprint density at radius 2 is 2.10 bits per heavy atom. The highest BCUT2D eigenvalue weighted by molar-refractivity contribution is 7.13. The second-order valence-corrected chi connectivity index (χ2v) is 8.74. The lowest BCUT2D eigenvalue weighted by atomic mass is 10.0. The van der Waals surface area contributed by atoms with E-state index in [4.69, 9.17) is 0 Å². The fourth-order valence-electron chi connectivity index (χ4n) is 4.06. The first-order valence-corrected chi connectivity index (χ1v) is 11.4. The van der Waals surface area contributed by atoms with Gasteiger partial charge in [0.1, 0.15) is 5.69 Å². The van der Waals surface area contributed by atoms with Gasteiger partial charge in [0, 0.05) is 32.3 Å². The number of aromatic nitrogens is 4. The molecule has 31 heavy (non-hydrogen) atoms. The van der Waals surface area contributed by atoms with Gasteiger partial charge < -0.3 is 10.0 Å². The highest BCUT2D eigenvalue weighted by Crippen LogP contribution is 2.23. The predicted molar refractivity (Wildman–Crippen MR) is 117 cm³/mol. The minimum atomic E-state index is -0.955. The van der Waals surface area contributed by atoms with E-state index in [0.717, 1.165) is 42.9 Å². The molecule has 1 aliphatic heterocycles. The maximum atomic E-state index is 12.9. The minimum Gasteiger partial charge on any atom is -0.478 e. The molecule has 1 saturated heterocycles. The van der Waals surface area contributed by atoms with Gasteiger partial charge in [-0.15, -0.1) is 16.4 Å². The molecule has 1 fully saturated rings. The Labute approximate surface area is 184 Å². The summed E-state index contributed by atoms with van der Waals surface area (Å²) >= 11 is 1.53. The van der Waals surface area contributed by atoms with Crippen LogP contribution in [0.5, 0.6) is 0 Å². The highest BCUT2D eigenvalue weighted by atomic mass is 32.1. The second kappa shape index (κ2) is 9.82. The topological polar surface area (TPSA) is 101 Å². The minimum absolute atomic E-state index is 0.0797. The van der Waals surface area contributed by atoms with Crippen LogP contribution in [-0.2, 0) is 17.8 Å². The van der Waals surface area contributed by atoms with Crippen molar-refractivity contribution in [3.05, 3.63) is 53.3 Å². The van der Waals surface area contributed by atoms with Crippen LogP contribution in [-0.4, -0.2) is 55.0 Å². The van der Waals surface area contributed by atoms with Crippen molar-refractivity contribution in [1.29, 1.82) is 0 Å². The molecule has 1 amide bonds. The molecule has 0 radical (unpaired) electrons. The first kappa shape index (κ1) is 21.2. The molecule has 4 rings (SSSR count). The van der Waals surface area contributed by atoms with Crippen LogP contribution in [0.25, 0.3) is 10.6 Å². The Balaban J connectivity index is 1.36. The van der Waals surface area contributed by atoms with Crippen LogP contribution in [0.15, 0.2) is 42.2 Å². The molecule has 0 saturated carbocycles. The smallest absolute Gasteiger partial charge is 0.335 e. The first-order valence-electron chi connectivity index (χ1n) is 10.5. The summed E-state index contributed by atoms with van der Waals surface area (Å²) in [6, 6.07) is 6.89. The van der Waals surface area contributed by atoms with E-state index < -0.39 is 5.97 Å². The molecule has 2 aromatic heterocycles. The third-order valence-corrected chi connectivity index (χ3v) is 6.44. The molecule has 1 unspecified atom stereocenters. The number of carboxylic acids is 1. The molecule has 1 aromatic carbocycles. The zero-order chi connectivity index (χ0) is 21.6. The number of carbonyl (C=O) groups is 2. The van der Waals surface area contributed by atoms with Gasteiger partial charge >= 0.3 is 5.97 Å². The molecule has 162 valence electrons. The molecule has 0 aliphatic carbocycles. The van der Waals surface area contributed by atoms with Gasteiger partial charge in [-0.05, 0) is 36.8 Å². The molecule has 0 bridgehead atoms. The fourth-order valence-corrected chi connectivity index (χ4v) is 4.63. The van der Waals surface area contributed by atoms with Gasteiger partial charge in [-0.2, -0.15) is 0 Å². The maximum absolute atomic E-state index is 12.9. The van der Waals surface area contributed by atoms with Gasteiger partial charge in [-0.1, -0.05) is 29.8 Å². The van der Waals surface area contributed by atoms with Crippen LogP contribution in [0.2, 0.25) is 0 Å². The number of hydrogen-bond donors (Lipinski definition) is 1. The molecule has 8 nitrogen and oxygen atoms in total. The van der Waals surface area contributed by atoms with Crippen LogP contribution >= 0.6 is 11.3 Å². The SMILES string of the molecule is O=C(O)c1ccccc1CCC(=O)N1CCCCC(Cn2cc(-c3cncs3)nn2)C1. The lowest BCUT2D eigenvalue weighted by molar-refractivity contribution is -0.131. The molecule has 0 spiro atoms. The number of thiazole rings is 1. The summed E-state index contributed by atoms with van der Waals surface area (Å²) in [5.41, 5.74) is 3.57. The highest BCUT2D eigenvalue weighted by Gasteiger charge is 2.23. The van der Waals surface area contributed by atoms with Crippen molar-refractivity contribution in [3.8, 4) is 10.6 Å². The largest absolute Gasteiger partial charge is 0.478 e. The average molecular weight is 440 g/mol. The number of carbonyl (C=O) groups excluding carboxylic acids is 1. The van der Waals surface area contributed by atoms with Crippen molar-refractivity contribution < 1.29 is 14.7 Å². The summed E-state index contributed by atoms with van der Waals surface area (Å²) in [5.74, 6) is -0.562. The average Bonchev–Trinajstić information content (AvgIpc) is 3.41. The number of carboxylic acid groups (broad SMARTS) is 1. The second-order valence-electron chi connectivity index (χ2n) is 7.86. The van der Waals surface area contributed by atoms with Gasteiger partial charge in [0.15, 0.2) is 0 Å². The van der Waals surface area contributed by atoms with E-state index in [1.165, 1.54) is 11.3 Å². The fraction of sp³-hybridized carbons (Fsp3) is 0.409. The Morgan fingerprint density at radius 3 is 2.90 bits per heavy atom. The number of benzene rings is 1. The van der Waals surface area contributed by atoms with Crippen molar-refractivity contribution in [2.45, 2.75) is 38.6 Å². The maximum Gasteiger partial charge on any atom is 0.335 e. The zero-order valence-electron chi connectivity index (χ0n) is 17.2. The molecular weight excluding hydrogens is 414 g/mol. The number of likely N-dealkylation sites (tertiary alicyclic amines) is 1. The van der Waals surface area contributed by atoms with Crippen LogP contribution in [0.3, 0.4) is 0 Å². The molecule has 3 heterocycles. The van der Waals surface area contributed by atoms with Crippen LogP contribution in [0, 0.1) is 5.92 Å². The van der Waals surface area contributed by atoms with Gasteiger partial charge in [0.25, 0.3) is 0 Å². The summed E-state index contributed by atoms with van der Waals surface area (Å²) in [4.78, 5) is 31.3. The van der Waals surface area contributed by atoms with Crippen molar-refractivity contribution in [3.63, 3.8) is 0 Å². The Bertz CT molecular complexity index is 1030. The molecule has 1 aliphatic rings. The molecule has 3 aromatic rings. The number of hydrogen-bond acceptors (Lipinski definition) is 6. The summed E-state index contributed by atoms with van der Waals surface area (Å²) in [5, 5.41) is 17.8. The zero-order valence-corrected chi connectivity index (χ0v) is 18.0. The monoisotopic (exact) mass is 439 g/mol. The van der Waals surface area contributed by atoms with Crippen LogP contribution in [0.4, 0.5) is 0 Å². The van der Waals surface area contributed by atoms with Crippen molar-refractivity contribution in [2.24, 2.45) is 5.92 Å². The Morgan fingerprint density at radius 1 is 1.23 bits per heavy atom. The summed E-state index contributed by atoms with van der Waals surface area (Å²) < 4.78 is 1.86. The number of amides is 1. The summed E-state index contributed by atoms with van der Waals surface area (Å²) in [6.07, 6.45) is 7.58. The standard InChI is InChI=1S/C22H25N5O3S/c28-21(9-8-17-6-1-2-7-18(17)22(29)30)26-10-4-3-5-16(12-26)13-27-14-19(24-25-27)20-11-23-15-31-20/h1-2,6-7,11,14-16H,3-5,8-10,12-13H2,(H,29,30). The first-order chi connectivity index (χ1) is 15.1. The summed E-state index contributed by atoms with van der Waals surface area (Å²) in [6.45, 7) is 2.16. The van der Waals surface area contributed by atoms with E-state index in [2.05, 4.69) is 15.3 Å². The van der Waals surface area contributed by atoms with Crippen molar-refractivity contribution >= 4 is 23.2 Å². The van der Waals surface area contributed by atoms with E-state index in [1.807, 2.05) is 21.8 Å². The van der Waals surface area contributed by atoms with Crippen molar-refractivity contribution in [2.75, 3.05) is 13.1 Å². The Hall–Kier alpha value is -3.07. The van der Waals surface area contributed by atoms with Gasteiger partial charge in [-0.25, -0.2) is 4.79 Å². The van der Waals surface area contributed by atoms with Crippen molar-refractivity contribution in [1.82, 2.24) is 24.9 Å². The number of rotatable bonds is 7.